The lowest BCUT2D eigenvalue weighted by Crippen LogP contribution is -2.11. The Bertz CT molecular complexity index is 751. The Hall–Kier alpha value is -2.31. The van der Waals surface area contributed by atoms with Crippen LogP contribution in [0.25, 0.3) is 0 Å². The summed E-state index contributed by atoms with van der Waals surface area (Å²) in [5, 5.41) is 11.7. The van der Waals surface area contributed by atoms with Gasteiger partial charge in [0, 0.05) is 17.5 Å². The lowest BCUT2D eigenvalue weighted by molar-refractivity contribution is -0.385. The molecule has 2 rings (SSSR count). The van der Waals surface area contributed by atoms with Crippen molar-refractivity contribution in [3.8, 4) is 11.5 Å². The molecule has 0 aliphatic carbocycles. The van der Waals surface area contributed by atoms with Crippen molar-refractivity contribution in [2.45, 2.75) is 12.8 Å². The van der Waals surface area contributed by atoms with Gasteiger partial charge in [0.25, 0.3) is 0 Å². The van der Waals surface area contributed by atoms with E-state index in [4.69, 9.17) is 32.7 Å². The van der Waals surface area contributed by atoms with Gasteiger partial charge in [0.1, 0.15) is 5.75 Å². The highest BCUT2D eigenvalue weighted by Gasteiger charge is 2.16. The number of benzene rings is 2. The fourth-order valence-electron chi connectivity index (χ4n) is 1.86. The molecule has 2 aromatic rings. The number of nitrogens with zero attached hydrogens (tertiary/aromatic N) is 1. The molecule has 0 atom stereocenters. The molecule has 0 aromatic heterocycles. The summed E-state index contributed by atoms with van der Waals surface area (Å²) in [6, 6.07) is 10.5. The summed E-state index contributed by atoms with van der Waals surface area (Å²) < 4.78 is 10.5. The largest absolute Gasteiger partial charge is 0.492 e. The lowest BCUT2D eigenvalue weighted by Gasteiger charge is -2.08. The lowest BCUT2D eigenvalue weighted by atomic mass is 10.3. The number of ether oxygens (including phenoxy) is 2. The van der Waals surface area contributed by atoms with Crippen LogP contribution in [-0.2, 0) is 4.79 Å². The first-order valence-corrected chi connectivity index (χ1v) is 7.75. The highest BCUT2D eigenvalue weighted by molar-refractivity contribution is 6.35. The number of hydrogen-bond donors (Lipinski definition) is 0. The number of carbonyl (C=O) groups excluding carboxylic acids is 1. The van der Waals surface area contributed by atoms with Gasteiger partial charge in [0.2, 0.25) is 5.75 Å². The van der Waals surface area contributed by atoms with E-state index in [9.17, 15) is 14.9 Å². The molecule has 0 N–H and O–H groups in total. The molecule has 0 fully saturated rings. The zero-order valence-corrected chi connectivity index (χ0v) is 13.9. The van der Waals surface area contributed by atoms with Crippen LogP contribution in [0.15, 0.2) is 42.5 Å². The van der Waals surface area contributed by atoms with Gasteiger partial charge < -0.3 is 9.47 Å². The Morgan fingerprint density at radius 2 is 1.88 bits per heavy atom. The van der Waals surface area contributed by atoms with Gasteiger partial charge in [-0.2, -0.15) is 0 Å². The summed E-state index contributed by atoms with van der Waals surface area (Å²) in [6.45, 7) is 0.243. The van der Waals surface area contributed by atoms with E-state index in [-0.39, 0.29) is 24.5 Å². The summed E-state index contributed by atoms with van der Waals surface area (Å²) in [5.74, 6) is -0.183. The smallest absolute Gasteiger partial charge is 0.311 e. The van der Waals surface area contributed by atoms with Gasteiger partial charge >= 0.3 is 11.7 Å². The van der Waals surface area contributed by atoms with Crippen molar-refractivity contribution in [3.63, 3.8) is 0 Å². The van der Waals surface area contributed by atoms with Gasteiger partial charge in [0.15, 0.2) is 0 Å². The van der Waals surface area contributed by atoms with Crippen LogP contribution in [0.4, 0.5) is 5.69 Å². The third-order valence-corrected chi connectivity index (χ3v) is 3.49. The second-order valence-corrected chi connectivity index (χ2v) is 5.57. The van der Waals surface area contributed by atoms with E-state index in [1.807, 2.05) is 0 Å². The van der Waals surface area contributed by atoms with Crippen molar-refractivity contribution in [2.75, 3.05) is 6.61 Å². The Morgan fingerprint density at radius 1 is 1.12 bits per heavy atom. The molecule has 0 spiro atoms. The van der Waals surface area contributed by atoms with E-state index in [2.05, 4.69) is 0 Å². The van der Waals surface area contributed by atoms with Crippen molar-refractivity contribution in [1.82, 2.24) is 0 Å². The predicted molar refractivity (Wildman–Crippen MR) is 89.9 cm³/mol. The maximum atomic E-state index is 11.8. The fraction of sp³-hybridized carbons (Fsp3) is 0.188. The third-order valence-electron chi connectivity index (χ3n) is 2.96. The van der Waals surface area contributed by atoms with E-state index in [0.29, 0.717) is 22.2 Å². The molecule has 0 aliphatic rings. The average Bonchev–Trinajstić information content (AvgIpc) is 2.53. The standard InChI is InChI=1S/C16H13Cl2NO5/c17-11-7-8-14(12(18)10-11)23-9-3-6-16(20)24-15-5-2-1-4-13(15)19(21)22/h1-2,4-5,7-8,10H,3,6,9H2. The quantitative estimate of drug-likeness (QED) is 0.233. The Balaban J connectivity index is 1.81. The van der Waals surface area contributed by atoms with Crippen LogP contribution in [0.5, 0.6) is 11.5 Å². The number of halogens is 2. The molecule has 2 aromatic carbocycles. The van der Waals surface area contributed by atoms with Crippen LogP contribution in [0, 0.1) is 10.1 Å². The summed E-state index contributed by atoms with van der Waals surface area (Å²) in [5.41, 5.74) is -0.255. The second kappa shape index (κ2) is 8.52. The van der Waals surface area contributed by atoms with E-state index < -0.39 is 10.9 Å². The number of esters is 1. The minimum Gasteiger partial charge on any atom is -0.492 e. The maximum absolute atomic E-state index is 11.8. The Labute approximate surface area is 148 Å². The van der Waals surface area contributed by atoms with Gasteiger partial charge in [-0.25, -0.2) is 0 Å². The summed E-state index contributed by atoms with van der Waals surface area (Å²) in [6.07, 6.45) is 0.426. The maximum Gasteiger partial charge on any atom is 0.311 e. The number of para-hydroxylation sites is 2. The minimum absolute atomic E-state index is 0.0528. The molecule has 0 saturated heterocycles. The van der Waals surface area contributed by atoms with Crippen LogP contribution >= 0.6 is 23.2 Å². The van der Waals surface area contributed by atoms with Gasteiger partial charge in [-0.3, -0.25) is 14.9 Å². The van der Waals surface area contributed by atoms with Crippen molar-refractivity contribution in [1.29, 1.82) is 0 Å². The van der Waals surface area contributed by atoms with Gasteiger partial charge in [-0.15, -0.1) is 0 Å². The molecular formula is C16H13Cl2NO5. The SMILES string of the molecule is O=C(CCCOc1ccc(Cl)cc1Cl)Oc1ccccc1[N+](=O)[O-]. The molecule has 0 unspecified atom stereocenters. The molecule has 0 radical (unpaired) electrons. The van der Waals surface area contributed by atoms with E-state index in [1.165, 1.54) is 18.2 Å². The molecule has 6 nitrogen and oxygen atoms in total. The van der Waals surface area contributed by atoms with Gasteiger partial charge in [0.05, 0.1) is 16.6 Å². The average molecular weight is 370 g/mol. The topological polar surface area (TPSA) is 78.7 Å². The zero-order valence-electron chi connectivity index (χ0n) is 12.4. The van der Waals surface area contributed by atoms with Gasteiger partial charge in [-0.1, -0.05) is 35.3 Å². The van der Waals surface area contributed by atoms with Crippen molar-refractivity contribution in [3.05, 3.63) is 62.6 Å². The van der Waals surface area contributed by atoms with E-state index >= 15 is 0 Å². The van der Waals surface area contributed by atoms with Crippen LogP contribution in [0.2, 0.25) is 10.0 Å². The molecule has 24 heavy (non-hydrogen) atoms. The summed E-state index contributed by atoms with van der Waals surface area (Å²) in [4.78, 5) is 22.0. The van der Waals surface area contributed by atoms with Crippen LogP contribution in [0.3, 0.4) is 0 Å². The van der Waals surface area contributed by atoms with E-state index in [1.54, 1.807) is 24.3 Å². The number of nitro groups is 1. The monoisotopic (exact) mass is 369 g/mol. The molecule has 0 bridgehead atoms. The van der Waals surface area contributed by atoms with Crippen LogP contribution in [-0.4, -0.2) is 17.5 Å². The molecule has 126 valence electrons. The molecule has 0 aliphatic heterocycles. The summed E-state index contributed by atoms with van der Waals surface area (Å²) in [7, 11) is 0. The van der Waals surface area contributed by atoms with Crippen LogP contribution < -0.4 is 9.47 Å². The van der Waals surface area contributed by atoms with Gasteiger partial charge in [-0.05, 0) is 30.7 Å². The first-order valence-electron chi connectivity index (χ1n) is 6.99. The minimum atomic E-state index is -0.603. The molecular weight excluding hydrogens is 357 g/mol. The molecule has 8 heteroatoms. The number of hydrogen-bond acceptors (Lipinski definition) is 5. The first-order chi connectivity index (χ1) is 11.5. The van der Waals surface area contributed by atoms with Crippen LogP contribution in [0.1, 0.15) is 12.8 Å². The third kappa shape index (κ3) is 5.11. The summed E-state index contributed by atoms with van der Waals surface area (Å²) >= 11 is 11.7. The highest BCUT2D eigenvalue weighted by atomic mass is 35.5. The van der Waals surface area contributed by atoms with Crippen molar-refractivity contribution >= 4 is 34.9 Å². The van der Waals surface area contributed by atoms with Crippen molar-refractivity contribution in [2.24, 2.45) is 0 Å². The zero-order chi connectivity index (χ0) is 17.5. The fourth-order valence-corrected chi connectivity index (χ4v) is 2.32. The number of nitro benzene ring substituents is 1. The normalized spacial score (nSPS) is 10.2. The van der Waals surface area contributed by atoms with E-state index in [0.717, 1.165) is 0 Å². The molecule has 0 heterocycles. The molecule has 0 saturated carbocycles. The van der Waals surface area contributed by atoms with Crippen molar-refractivity contribution < 1.29 is 19.2 Å². The number of rotatable bonds is 7. The Kier molecular flexibility index (Phi) is 6.40. The number of carbonyl (C=O) groups is 1. The first kappa shape index (κ1) is 18.0. The molecule has 0 amide bonds. The predicted octanol–water partition coefficient (Wildman–Crippen LogP) is 4.67. The second-order valence-electron chi connectivity index (χ2n) is 4.73. The Morgan fingerprint density at radius 3 is 2.58 bits per heavy atom. The highest BCUT2D eigenvalue weighted by Crippen LogP contribution is 2.28.